The first-order valence-electron chi connectivity index (χ1n) is 4.19. The van der Waals surface area contributed by atoms with Gasteiger partial charge in [-0.3, -0.25) is 4.55 Å². The Hall–Kier alpha value is -1.07. The van der Waals surface area contributed by atoms with E-state index in [0.29, 0.717) is 5.69 Å². The molecule has 4 nitrogen and oxygen atoms in total. The average molecular weight is 215 g/mol. The third kappa shape index (κ3) is 2.24. The van der Waals surface area contributed by atoms with Crippen molar-refractivity contribution in [1.29, 1.82) is 0 Å². The van der Waals surface area contributed by atoms with E-state index in [1.54, 1.807) is 6.07 Å². The molecule has 0 atom stereocenters. The molecule has 0 aliphatic rings. The van der Waals surface area contributed by atoms with Crippen molar-refractivity contribution in [2.45, 2.75) is 24.7 Å². The first-order chi connectivity index (χ1) is 6.32. The highest BCUT2D eigenvalue weighted by Crippen LogP contribution is 2.24. The molecule has 0 saturated carbocycles. The van der Waals surface area contributed by atoms with E-state index in [-0.39, 0.29) is 10.8 Å². The number of nitrogens with two attached hydrogens (primary N) is 1. The molecular formula is C9H13NO3S. The second-order valence-electron chi connectivity index (χ2n) is 3.42. The number of hydrogen-bond acceptors (Lipinski definition) is 3. The van der Waals surface area contributed by atoms with Gasteiger partial charge in [0.1, 0.15) is 0 Å². The standard InChI is InChI=1S/C9H13NO3S/c1-6(2)8-4-3-7(5-9(8)10)14(11,12)13/h3-6H,10H2,1-2H3,(H,11,12,13). The molecule has 1 rings (SSSR count). The van der Waals surface area contributed by atoms with Crippen molar-refractivity contribution in [2.24, 2.45) is 0 Å². The smallest absolute Gasteiger partial charge is 0.294 e. The van der Waals surface area contributed by atoms with Gasteiger partial charge in [-0.2, -0.15) is 8.42 Å². The summed E-state index contributed by atoms with van der Waals surface area (Å²) in [5, 5.41) is 0. The van der Waals surface area contributed by atoms with Crippen molar-refractivity contribution in [3.8, 4) is 0 Å². The van der Waals surface area contributed by atoms with Gasteiger partial charge in [0.25, 0.3) is 10.1 Å². The highest BCUT2D eigenvalue weighted by molar-refractivity contribution is 7.85. The monoisotopic (exact) mass is 215 g/mol. The summed E-state index contributed by atoms with van der Waals surface area (Å²) in [5.41, 5.74) is 6.90. The lowest BCUT2D eigenvalue weighted by Crippen LogP contribution is -2.02. The molecule has 0 unspecified atom stereocenters. The molecule has 0 fully saturated rings. The third-order valence-corrected chi connectivity index (χ3v) is 2.83. The highest BCUT2D eigenvalue weighted by atomic mass is 32.2. The highest BCUT2D eigenvalue weighted by Gasteiger charge is 2.12. The SMILES string of the molecule is CC(C)c1ccc(S(=O)(=O)O)cc1N. The largest absolute Gasteiger partial charge is 0.398 e. The molecule has 3 N–H and O–H groups in total. The zero-order valence-corrected chi connectivity index (χ0v) is 8.88. The first kappa shape index (κ1) is 11.0. The summed E-state index contributed by atoms with van der Waals surface area (Å²) < 4.78 is 30.3. The van der Waals surface area contributed by atoms with E-state index in [2.05, 4.69) is 0 Å². The van der Waals surface area contributed by atoms with Gasteiger partial charge in [0.05, 0.1) is 4.90 Å². The Labute approximate surface area is 83.5 Å². The van der Waals surface area contributed by atoms with E-state index in [9.17, 15) is 8.42 Å². The minimum atomic E-state index is -4.15. The van der Waals surface area contributed by atoms with Crippen LogP contribution in [0.15, 0.2) is 23.1 Å². The lowest BCUT2D eigenvalue weighted by molar-refractivity contribution is 0.483. The van der Waals surface area contributed by atoms with E-state index in [1.165, 1.54) is 12.1 Å². The Kier molecular flexibility index (Phi) is 2.82. The topological polar surface area (TPSA) is 80.4 Å². The fourth-order valence-corrected chi connectivity index (χ4v) is 1.75. The molecule has 0 bridgehead atoms. The van der Waals surface area contributed by atoms with Crippen LogP contribution < -0.4 is 5.73 Å². The minimum Gasteiger partial charge on any atom is -0.398 e. The molecular weight excluding hydrogens is 202 g/mol. The lowest BCUT2D eigenvalue weighted by atomic mass is 10.0. The summed E-state index contributed by atoms with van der Waals surface area (Å²) in [6.45, 7) is 3.91. The van der Waals surface area contributed by atoms with Crippen molar-refractivity contribution in [3.63, 3.8) is 0 Å². The van der Waals surface area contributed by atoms with Crippen LogP contribution in [0.5, 0.6) is 0 Å². The number of rotatable bonds is 2. The molecule has 0 spiro atoms. The maximum atomic E-state index is 10.8. The van der Waals surface area contributed by atoms with Gasteiger partial charge in [-0.25, -0.2) is 0 Å². The van der Waals surface area contributed by atoms with Crippen molar-refractivity contribution in [1.82, 2.24) is 0 Å². The quantitative estimate of drug-likeness (QED) is 0.580. The molecule has 0 radical (unpaired) electrons. The summed E-state index contributed by atoms with van der Waals surface area (Å²) in [4.78, 5) is -0.167. The lowest BCUT2D eigenvalue weighted by Gasteiger charge is -2.09. The van der Waals surface area contributed by atoms with E-state index in [1.807, 2.05) is 13.8 Å². The second-order valence-corrected chi connectivity index (χ2v) is 4.84. The summed E-state index contributed by atoms with van der Waals surface area (Å²) >= 11 is 0. The normalized spacial score (nSPS) is 12.0. The predicted octanol–water partition coefficient (Wildman–Crippen LogP) is 1.64. The van der Waals surface area contributed by atoms with Crippen molar-refractivity contribution in [2.75, 3.05) is 5.73 Å². The van der Waals surface area contributed by atoms with Gasteiger partial charge < -0.3 is 5.73 Å². The molecule has 1 aromatic rings. The van der Waals surface area contributed by atoms with E-state index in [4.69, 9.17) is 10.3 Å². The Balaban J connectivity index is 3.27. The van der Waals surface area contributed by atoms with Gasteiger partial charge in [0.2, 0.25) is 0 Å². The van der Waals surface area contributed by atoms with Crippen molar-refractivity contribution < 1.29 is 13.0 Å². The Bertz CT molecular complexity index is 437. The van der Waals surface area contributed by atoms with Crippen LogP contribution in [-0.4, -0.2) is 13.0 Å². The predicted molar refractivity (Wildman–Crippen MR) is 54.8 cm³/mol. The molecule has 0 heterocycles. The molecule has 0 aliphatic carbocycles. The van der Waals surface area contributed by atoms with Crippen molar-refractivity contribution in [3.05, 3.63) is 23.8 Å². The van der Waals surface area contributed by atoms with E-state index < -0.39 is 10.1 Å². The molecule has 14 heavy (non-hydrogen) atoms. The maximum absolute atomic E-state index is 10.8. The van der Waals surface area contributed by atoms with Crippen LogP contribution in [0.1, 0.15) is 25.3 Å². The van der Waals surface area contributed by atoms with Crippen LogP contribution in [0.3, 0.4) is 0 Å². The average Bonchev–Trinajstić information content (AvgIpc) is 2.01. The third-order valence-electron chi connectivity index (χ3n) is 1.98. The first-order valence-corrected chi connectivity index (χ1v) is 5.63. The van der Waals surface area contributed by atoms with Crippen LogP contribution in [-0.2, 0) is 10.1 Å². The van der Waals surface area contributed by atoms with Gasteiger partial charge >= 0.3 is 0 Å². The zero-order chi connectivity index (χ0) is 10.9. The Morgan fingerprint density at radius 2 is 1.93 bits per heavy atom. The van der Waals surface area contributed by atoms with Crippen molar-refractivity contribution >= 4 is 15.8 Å². The number of nitrogen functional groups attached to an aromatic ring is 1. The maximum Gasteiger partial charge on any atom is 0.294 e. The minimum absolute atomic E-state index is 0.167. The number of benzene rings is 1. The van der Waals surface area contributed by atoms with Crippen LogP contribution >= 0.6 is 0 Å². The number of anilines is 1. The summed E-state index contributed by atoms with van der Waals surface area (Å²) in [5.74, 6) is 0.227. The van der Waals surface area contributed by atoms with Crippen LogP contribution in [0.4, 0.5) is 5.69 Å². The Morgan fingerprint density at radius 1 is 1.36 bits per heavy atom. The Morgan fingerprint density at radius 3 is 2.29 bits per heavy atom. The van der Waals surface area contributed by atoms with E-state index >= 15 is 0 Å². The van der Waals surface area contributed by atoms with E-state index in [0.717, 1.165) is 5.56 Å². The fraction of sp³-hybridized carbons (Fsp3) is 0.333. The van der Waals surface area contributed by atoms with Gasteiger partial charge in [0.15, 0.2) is 0 Å². The molecule has 5 heteroatoms. The molecule has 0 aromatic heterocycles. The van der Waals surface area contributed by atoms with Gasteiger partial charge in [-0.1, -0.05) is 19.9 Å². The van der Waals surface area contributed by atoms with Gasteiger partial charge in [-0.05, 0) is 23.6 Å². The van der Waals surface area contributed by atoms with Gasteiger partial charge in [0, 0.05) is 5.69 Å². The van der Waals surface area contributed by atoms with Crippen LogP contribution in [0, 0.1) is 0 Å². The van der Waals surface area contributed by atoms with Gasteiger partial charge in [-0.15, -0.1) is 0 Å². The fourth-order valence-electron chi connectivity index (χ4n) is 1.24. The molecule has 0 aliphatic heterocycles. The molecule has 1 aromatic carbocycles. The number of hydrogen-bond donors (Lipinski definition) is 2. The summed E-state index contributed by atoms with van der Waals surface area (Å²) in [7, 11) is -4.15. The molecule has 78 valence electrons. The van der Waals surface area contributed by atoms with Crippen LogP contribution in [0.2, 0.25) is 0 Å². The summed E-state index contributed by atoms with van der Waals surface area (Å²) in [6.07, 6.45) is 0. The molecule has 0 saturated heterocycles. The zero-order valence-electron chi connectivity index (χ0n) is 8.06. The van der Waals surface area contributed by atoms with Crippen LogP contribution in [0.25, 0.3) is 0 Å². The molecule has 0 amide bonds. The second kappa shape index (κ2) is 3.59. The summed E-state index contributed by atoms with van der Waals surface area (Å²) in [6, 6.07) is 4.23.